The van der Waals surface area contributed by atoms with Crippen LogP contribution in [0.5, 0.6) is 0 Å². The Morgan fingerprint density at radius 1 is 1.06 bits per heavy atom. The van der Waals surface area contributed by atoms with Crippen LogP contribution in [-0.4, -0.2) is 12.5 Å². The first kappa shape index (κ1) is 9.46. The number of hydrogen-bond acceptors (Lipinski definition) is 1. The predicted octanol–water partition coefficient (Wildman–Crippen LogP) is 2.47. The molecule has 2 fully saturated rings. The maximum Gasteiger partial charge on any atom is 0.231 e. The number of amides is 1. The molecule has 2 aliphatic carbocycles. The van der Waals surface area contributed by atoms with Crippen LogP contribution < -0.4 is 4.90 Å². The molecule has 3 aliphatic rings. The van der Waals surface area contributed by atoms with Crippen LogP contribution in [-0.2, 0) is 4.79 Å². The summed E-state index contributed by atoms with van der Waals surface area (Å²) in [5.41, 5.74) is 1.06. The van der Waals surface area contributed by atoms with Crippen molar-refractivity contribution in [2.75, 3.05) is 11.4 Å². The SMILES string of the molecule is O=C1C2C3C=CC(C3)C2CN1c1ccccc1. The van der Waals surface area contributed by atoms with Gasteiger partial charge in [0, 0.05) is 18.2 Å². The third kappa shape index (κ3) is 1.18. The molecule has 1 saturated heterocycles. The van der Waals surface area contributed by atoms with Crippen LogP contribution in [0.15, 0.2) is 42.5 Å². The molecular weight excluding hydrogens is 210 g/mol. The van der Waals surface area contributed by atoms with E-state index < -0.39 is 0 Å². The van der Waals surface area contributed by atoms with Crippen LogP contribution in [0, 0.1) is 23.7 Å². The lowest BCUT2D eigenvalue weighted by Gasteiger charge is -2.18. The van der Waals surface area contributed by atoms with Crippen LogP contribution in [0.1, 0.15) is 6.42 Å². The highest BCUT2D eigenvalue weighted by molar-refractivity contribution is 5.98. The number of nitrogens with zero attached hydrogens (tertiary/aromatic N) is 1. The number of carbonyl (C=O) groups excluding carboxylic acids is 1. The fraction of sp³-hybridized carbons (Fsp3) is 0.400. The van der Waals surface area contributed by atoms with E-state index in [1.165, 1.54) is 6.42 Å². The first-order valence-corrected chi connectivity index (χ1v) is 6.39. The third-order valence-electron chi connectivity index (χ3n) is 4.63. The van der Waals surface area contributed by atoms with Gasteiger partial charge in [0.15, 0.2) is 0 Å². The van der Waals surface area contributed by atoms with Gasteiger partial charge in [-0.05, 0) is 36.3 Å². The van der Waals surface area contributed by atoms with E-state index in [1.807, 2.05) is 35.2 Å². The van der Waals surface area contributed by atoms with Crippen LogP contribution in [0.2, 0.25) is 0 Å². The molecule has 0 spiro atoms. The second-order valence-corrected chi connectivity index (χ2v) is 5.42. The zero-order valence-corrected chi connectivity index (χ0v) is 9.62. The minimum absolute atomic E-state index is 0.269. The van der Waals surface area contributed by atoms with Gasteiger partial charge < -0.3 is 4.90 Å². The average Bonchev–Trinajstić information content (AvgIpc) is 3.03. The Labute approximate surface area is 101 Å². The number of hydrogen-bond donors (Lipinski definition) is 0. The summed E-state index contributed by atoms with van der Waals surface area (Å²) in [5, 5.41) is 0. The zero-order chi connectivity index (χ0) is 11.4. The highest BCUT2D eigenvalue weighted by atomic mass is 16.2. The molecule has 4 rings (SSSR count). The number of fused-ring (bicyclic) bond motifs is 5. The molecule has 0 N–H and O–H groups in total. The summed E-state index contributed by atoms with van der Waals surface area (Å²) in [6.45, 7) is 0.916. The van der Waals surface area contributed by atoms with Gasteiger partial charge >= 0.3 is 0 Å². The lowest BCUT2D eigenvalue weighted by atomic mass is 9.86. The number of benzene rings is 1. The molecule has 86 valence electrons. The highest BCUT2D eigenvalue weighted by Crippen LogP contribution is 2.52. The Hall–Kier alpha value is -1.57. The van der Waals surface area contributed by atoms with Gasteiger partial charge in [0.25, 0.3) is 0 Å². The van der Waals surface area contributed by atoms with Crippen molar-refractivity contribution in [1.82, 2.24) is 0 Å². The van der Waals surface area contributed by atoms with E-state index in [-0.39, 0.29) is 5.92 Å². The van der Waals surface area contributed by atoms with Gasteiger partial charge in [-0.1, -0.05) is 30.4 Å². The molecular formula is C15H15NO. The van der Waals surface area contributed by atoms with E-state index >= 15 is 0 Å². The monoisotopic (exact) mass is 225 g/mol. The van der Waals surface area contributed by atoms with E-state index in [0.717, 1.165) is 12.2 Å². The summed E-state index contributed by atoms with van der Waals surface area (Å²) in [7, 11) is 0. The average molecular weight is 225 g/mol. The molecule has 0 radical (unpaired) electrons. The normalized spacial score (nSPS) is 37.9. The van der Waals surface area contributed by atoms with Gasteiger partial charge in [0.05, 0.1) is 0 Å². The van der Waals surface area contributed by atoms with Crippen molar-refractivity contribution in [2.45, 2.75) is 6.42 Å². The van der Waals surface area contributed by atoms with Crippen LogP contribution in [0.3, 0.4) is 0 Å². The first-order valence-electron chi connectivity index (χ1n) is 6.39. The summed E-state index contributed by atoms with van der Waals surface area (Å²) in [6, 6.07) is 10.1. The van der Waals surface area contributed by atoms with E-state index in [2.05, 4.69) is 12.2 Å². The van der Waals surface area contributed by atoms with E-state index in [9.17, 15) is 4.79 Å². The molecule has 1 aromatic rings. The minimum atomic E-state index is 0.269. The number of para-hydroxylation sites is 1. The number of rotatable bonds is 1. The second-order valence-electron chi connectivity index (χ2n) is 5.42. The molecule has 4 atom stereocenters. The molecule has 1 aromatic carbocycles. The number of allylic oxidation sites excluding steroid dienone is 2. The van der Waals surface area contributed by atoms with E-state index in [4.69, 9.17) is 0 Å². The predicted molar refractivity (Wildman–Crippen MR) is 66.5 cm³/mol. The zero-order valence-electron chi connectivity index (χ0n) is 9.62. The Kier molecular flexibility index (Phi) is 1.79. The van der Waals surface area contributed by atoms with Gasteiger partial charge in [0.1, 0.15) is 0 Å². The van der Waals surface area contributed by atoms with Gasteiger partial charge in [-0.3, -0.25) is 4.79 Å². The Morgan fingerprint density at radius 2 is 1.82 bits per heavy atom. The van der Waals surface area contributed by atoms with E-state index in [0.29, 0.717) is 23.7 Å². The lowest BCUT2D eigenvalue weighted by molar-refractivity contribution is -0.121. The second kappa shape index (κ2) is 3.22. The van der Waals surface area contributed by atoms with Crippen LogP contribution in [0.4, 0.5) is 5.69 Å². The maximum absolute atomic E-state index is 12.5. The largest absolute Gasteiger partial charge is 0.312 e. The van der Waals surface area contributed by atoms with Crippen LogP contribution >= 0.6 is 0 Å². The third-order valence-corrected chi connectivity index (χ3v) is 4.63. The summed E-state index contributed by atoms with van der Waals surface area (Å²) < 4.78 is 0. The van der Waals surface area contributed by atoms with E-state index in [1.54, 1.807) is 0 Å². The molecule has 4 unspecified atom stereocenters. The molecule has 0 aromatic heterocycles. The molecule has 2 heteroatoms. The van der Waals surface area contributed by atoms with Crippen molar-refractivity contribution in [3.63, 3.8) is 0 Å². The summed E-state index contributed by atoms with van der Waals surface area (Å²) in [5.74, 6) is 2.36. The Balaban J connectivity index is 1.69. The molecule has 2 nitrogen and oxygen atoms in total. The van der Waals surface area contributed by atoms with Crippen molar-refractivity contribution in [2.24, 2.45) is 23.7 Å². The van der Waals surface area contributed by atoms with Crippen molar-refractivity contribution in [3.05, 3.63) is 42.5 Å². The highest BCUT2D eigenvalue weighted by Gasteiger charge is 2.54. The summed E-state index contributed by atoms with van der Waals surface area (Å²) >= 11 is 0. The lowest BCUT2D eigenvalue weighted by Crippen LogP contribution is -2.28. The summed E-state index contributed by atoms with van der Waals surface area (Å²) in [6.07, 6.45) is 5.80. The smallest absolute Gasteiger partial charge is 0.231 e. The van der Waals surface area contributed by atoms with Crippen molar-refractivity contribution < 1.29 is 4.79 Å². The molecule has 2 bridgehead atoms. The first-order chi connectivity index (χ1) is 8.34. The van der Waals surface area contributed by atoms with Crippen molar-refractivity contribution in [3.8, 4) is 0 Å². The van der Waals surface area contributed by atoms with Crippen molar-refractivity contribution in [1.29, 1.82) is 0 Å². The molecule has 1 amide bonds. The Bertz CT molecular complexity index is 493. The number of carbonyl (C=O) groups is 1. The fourth-order valence-electron chi connectivity index (χ4n) is 3.86. The van der Waals surface area contributed by atoms with Gasteiger partial charge in [-0.25, -0.2) is 0 Å². The fourth-order valence-corrected chi connectivity index (χ4v) is 3.86. The molecule has 1 saturated carbocycles. The van der Waals surface area contributed by atoms with Gasteiger partial charge in [-0.2, -0.15) is 0 Å². The summed E-state index contributed by atoms with van der Waals surface area (Å²) in [4.78, 5) is 14.5. The van der Waals surface area contributed by atoms with Gasteiger partial charge in [0.2, 0.25) is 5.91 Å². The molecule has 1 aliphatic heterocycles. The number of anilines is 1. The molecule has 1 heterocycles. The maximum atomic E-state index is 12.5. The Morgan fingerprint density at radius 3 is 2.59 bits per heavy atom. The molecule has 17 heavy (non-hydrogen) atoms. The topological polar surface area (TPSA) is 20.3 Å². The van der Waals surface area contributed by atoms with Crippen molar-refractivity contribution >= 4 is 11.6 Å². The quantitative estimate of drug-likeness (QED) is 0.672. The standard InChI is InChI=1S/C15H15NO/c17-15-14-11-7-6-10(8-11)13(14)9-16(15)12-4-2-1-3-5-12/h1-7,10-11,13-14H,8-9H2. The minimum Gasteiger partial charge on any atom is -0.312 e. The van der Waals surface area contributed by atoms with Crippen LogP contribution in [0.25, 0.3) is 0 Å². The van der Waals surface area contributed by atoms with Gasteiger partial charge in [-0.15, -0.1) is 0 Å².